The smallest absolute Gasteiger partial charge is 0.449 e. The Morgan fingerprint density at radius 3 is 2.57 bits per heavy atom. The molecular weight excluding hydrogens is 427 g/mol. The third-order valence-electron chi connectivity index (χ3n) is 4.40. The van der Waals surface area contributed by atoms with E-state index >= 15 is 0 Å². The van der Waals surface area contributed by atoms with Crippen LogP contribution in [0.15, 0.2) is 30.3 Å². The quantitative estimate of drug-likeness (QED) is 0.659. The van der Waals surface area contributed by atoms with Crippen LogP contribution in [0.3, 0.4) is 0 Å². The predicted octanol–water partition coefficient (Wildman–Crippen LogP) is 4.13. The summed E-state index contributed by atoms with van der Waals surface area (Å²) in [5, 5.41) is 2.78. The number of ether oxygens (including phenoxy) is 3. The molecule has 2 aromatic carbocycles. The fourth-order valence-electron chi connectivity index (χ4n) is 3.13. The maximum Gasteiger partial charge on any atom is 0.449 e. The largest absolute Gasteiger partial charge is 0.495 e. The van der Waals surface area contributed by atoms with E-state index in [-0.39, 0.29) is 29.3 Å². The molecule has 1 aliphatic rings. The Hall–Kier alpha value is -3.14. The Bertz CT molecular complexity index is 1130. The summed E-state index contributed by atoms with van der Waals surface area (Å²) in [6, 6.07) is 7.27. The number of hydrogen-bond acceptors (Lipinski definition) is 5. The van der Waals surface area contributed by atoms with Gasteiger partial charge in [0.15, 0.2) is 11.5 Å². The first-order valence-electron chi connectivity index (χ1n) is 8.76. The molecule has 0 saturated heterocycles. The molecule has 0 spiro atoms. The zero-order valence-corrected chi connectivity index (χ0v) is 16.3. The van der Waals surface area contributed by atoms with Crippen LogP contribution in [-0.4, -0.2) is 35.8 Å². The minimum absolute atomic E-state index is 0.0480. The molecule has 3 aromatic rings. The second-order valence-electron chi connectivity index (χ2n) is 6.40. The summed E-state index contributed by atoms with van der Waals surface area (Å²) in [5.74, 6) is -0.865. The third-order valence-corrected chi connectivity index (χ3v) is 4.70. The van der Waals surface area contributed by atoms with Gasteiger partial charge in [0, 0.05) is 17.8 Å². The molecule has 0 unspecified atom stereocenters. The van der Waals surface area contributed by atoms with E-state index in [1.165, 1.54) is 37.4 Å². The van der Waals surface area contributed by atoms with Gasteiger partial charge in [-0.25, -0.2) is 4.98 Å². The first-order valence-corrected chi connectivity index (χ1v) is 9.14. The van der Waals surface area contributed by atoms with Gasteiger partial charge in [-0.2, -0.15) is 13.2 Å². The number of alkyl halides is 3. The number of benzene rings is 2. The molecule has 0 bridgehead atoms. The molecule has 11 heteroatoms. The average Bonchev–Trinajstić information content (AvgIpc) is 3.04. The zero-order valence-electron chi connectivity index (χ0n) is 15.5. The van der Waals surface area contributed by atoms with Gasteiger partial charge in [0.05, 0.1) is 23.2 Å². The lowest BCUT2D eigenvalue weighted by molar-refractivity contribution is -0.147. The second kappa shape index (κ2) is 7.60. The molecule has 1 aromatic heterocycles. The lowest BCUT2D eigenvalue weighted by Gasteiger charge is -2.18. The van der Waals surface area contributed by atoms with Gasteiger partial charge >= 0.3 is 6.18 Å². The summed E-state index contributed by atoms with van der Waals surface area (Å²) in [7, 11) is 1.44. The first kappa shape index (κ1) is 20.1. The molecule has 1 amide bonds. The molecule has 30 heavy (non-hydrogen) atoms. The van der Waals surface area contributed by atoms with Gasteiger partial charge in [-0.05, 0) is 18.2 Å². The van der Waals surface area contributed by atoms with Gasteiger partial charge in [0.2, 0.25) is 11.7 Å². The summed E-state index contributed by atoms with van der Waals surface area (Å²) in [5.41, 5.74) is 0.472. The van der Waals surface area contributed by atoms with Crippen molar-refractivity contribution in [2.24, 2.45) is 0 Å². The molecule has 0 aliphatic carbocycles. The van der Waals surface area contributed by atoms with E-state index in [1.807, 2.05) is 0 Å². The number of rotatable bonds is 4. The highest BCUT2D eigenvalue weighted by Crippen LogP contribution is 2.38. The van der Waals surface area contributed by atoms with Gasteiger partial charge in [0.1, 0.15) is 25.5 Å². The summed E-state index contributed by atoms with van der Waals surface area (Å²) in [4.78, 5) is 16.2. The summed E-state index contributed by atoms with van der Waals surface area (Å²) >= 11 is 6.02. The highest BCUT2D eigenvalue weighted by atomic mass is 35.5. The molecule has 158 valence electrons. The fraction of sp³-hybridized carbons (Fsp3) is 0.263. The number of halogens is 4. The Labute approximate surface area is 173 Å². The summed E-state index contributed by atoms with van der Waals surface area (Å²) in [6.07, 6.45) is -4.76. The maximum absolute atomic E-state index is 13.6. The van der Waals surface area contributed by atoms with Crippen molar-refractivity contribution in [2.75, 3.05) is 25.6 Å². The van der Waals surface area contributed by atoms with E-state index in [0.717, 1.165) is 4.57 Å². The van der Waals surface area contributed by atoms with Crippen LogP contribution in [0.4, 0.5) is 18.9 Å². The number of carbonyl (C=O) groups is 1. The number of anilines is 1. The van der Waals surface area contributed by atoms with E-state index in [9.17, 15) is 18.0 Å². The minimum Gasteiger partial charge on any atom is -0.495 e. The highest BCUT2D eigenvalue weighted by molar-refractivity contribution is 6.32. The van der Waals surface area contributed by atoms with E-state index in [4.69, 9.17) is 25.8 Å². The zero-order chi connectivity index (χ0) is 21.5. The van der Waals surface area contributed by atoms with Crippen LogP contribution in [0.25, 0.3) is 11.0 Å². The molecular formula is C19H15ClF3N3O4. The van der Waals surface area contributed by atoms with Crippen molar-refractivity contribution in [3.05, 3.63) is 41.2 Å². The number of methoxy groups -OCH3 is 1. The molecule has 1 aliphatic heterocycles. The predicted molar refractivity (Wildman–Crippen MR) is 102 cm³/mol. The van der Waals surface area contributed by atoms with Crippen LogP contribution in [-0.2, 0) is 17.5 Å². The lowest BCUT2D eigenvalue weighted by Crippen LogP contribution is -2.23. The maximum atomic E-state index is 13.6. The minimum atomic E-state index is -4.76. The Morgan fingerprint density at radius 2 is 1.93 bits per heavy atom. The second-order valence-corrected chi connectivity index (χ2v) is 6.81. The van der Waals surface area contributed by atoms with Crippen molar-refractivity contribution in [3.63, 3.8) is 0 Å². The normalized spacial score (nSPS) is 13.4. The molecule has 0 atom stereocenters. The number of aromatic nitrogens is 2. The monoisotopic (exact) mass is 441 g/mol. The van der Waals surface area contributed by atoms with Crippen molar-refractivity contribution < 1.29 is 32.2 Å². The van der Waals surface area contributed by atoms with Crippen LogP contribution >= 0.6 is 11.6 Å². The van der Waals surface area contributed by atoms with Crippen molar-refractivity contribution in [1.82, 2.24) is 9.55 Å². The summed E-state index contributed by atoms with van der Waals surface area (Å²) < 4.78 is 57.4. The van der Waals surface area contributed by atoms with Gasteiger partial charge < -0.3 is 24.1 Å². The highest BCUT2D eigenvalue weighted by Gasteiger charge is 2.38. The Morgan fingerprint density at radius 1 is 1.23 bits per heavy atom. The molecule has 2 heterocycles. The Kier molecular flexibility index (Phi) is 5.10. The molecule has 0 fully saturated rings. The average molecular weight is 442 g/mol. The van der Waals surface area contributed by atoms with Crippen LogP contribution in [0.5, 0.6) is 17.2 Å². The van der Waals surface area contributed by atoms with Gasteiger partial charge in [-0.3, -0.25) is 4.79 Å². The van der Waals surface area contributed by atoms with E-state index in [2.05, 4.69) is 10.3 Å². The number of imidazole rings is 1. The van der Waals surface area contributed by atoms with E-state index < -0.39 is 24.5 Å². The van der Waals surface area contributed by atoms with Crippen molar-refractivity contribution in [1.29, 1.82) is 0 Å². The summed E-state index contributed by atoms with van der Waals surface area (Å²) in [6.45, 7) is -0.0513. The molecule has 1 N–H and O–H groups in total. The number of hydrogen-bond donors (Lipinski definition) is 1. The van der Waals surface area contributed by atoms with Crippen LogP contribution in [0.2, 0.25) is 5.02 Å². The Balaban J connectivity index is 1.68. The van der Waals surface area contributed by atoms with Crippen molar-refractivity contribution >= 4 is 34.2 Å². The third kappa shape index (κ3) is 3.82. The molecule has 4 rings (SSSR count). The number of amides is 1. The van der Waals surface area contributed by atoms with Crippen LogP contribution in [0, 0.1) is 0 Å². The van der Waals surface area contributed by atoms with Gasteiger partial charge in [0.25, 0.3) is 0 Å². The number of nitrogens with zero attached hydrogens (tertiary/aromatic N) is 2. The van der Waals surface area contributed by atoms with E-state index in [1.54, 1.807) is 0 Å². The number of carbonyl (C=O) groups excluding carboxylic acids is 1. The standard InChI is InChI=1S/C19H15ClF3N3O4/c1-28-14-3-2-10(6-11(14)20)24-17(27)9-26-13-8-16-15(29-4-5-30-16)7-12(13)25-18(26)19(21,22)23/h2-3,6-8H,4-5,9H2,1H3,(H,24,27). The lowest BCUT2D eigenvalue weighted by atomic mass is 10.2. The number of nitrogens with one attached hydrogen (secondary N) is 1. The van der Waals surface area contributed by atoms with E-state index in [0.29, 0.717) is 22.9 Å². The van der Waals surface area contributed by atoms with Gasteiger partial charge in [-0.1, -0.05) is 11.6 Å². The van der Waals surface area contributed by atoms with Gasteiger partial charge in [-0.15, -0.1) is 0 Å². The topological polar surface area (TPSA) is 74.6 Å². The van der Waals surface area contributed by atoms with Crippen molar-refractivity contribution in [3.8, 4) is 17.2 Å². The molecule has 0 radical (unpaired) electrons. The number of fused-ring (bicyclic) bond motifs is 2. The van der Waals surface area contributed by atoms with Crippen molar-refractivity contribution in [2.45, 2.75) is 12.7 Å². The SMILES string of the molecule is COc1ccc(NC(=O)Cn2c(C(F)(F)F)nc3cc4c(cc32)OCCO4)cc1Cl. The molecule has 7 nitrogen and oxygen atoms in total. The van der Waals surface area contributed by atoms with Crippen LogP contribution < -0.4 is 19.5 Å². The van der Waals surface area contributed by atoms with Crippen LogP contribution in [0.1, 0.15) is 5.82 Å². The first-order chi connectivity index (χ1) is 14.3. The molecule has 0 saturated carbocycles. The fourth-order valence-corrected chi connectivity index (χ4v) is 3.38.